The molecule has 1 N–H and O–H groups in total. The number of hydrogen-bond donors (Lipinski definition) is 1. The first kappa shape index (κ1) is 21.3. The van der Waals surface area contributed by atoms with Gasteiger partial charge in [0.05, 0.1) is 11.0 Å². The highest BCUT2D eigenvalue weighted by Crippen LogP contribution is 2.41. The van der Waals surface area contributed by atoms with Crippen LogP contribution in [0.1, 0.15) is 36.1 Å². The van der Waals surface area contributed by atoms with E-state index in [0.717, 1.165) is 38.3 Å². The zero-order valence-electron chi connectivity index (χ0n) is 18.7. The summed E-state index contributed by atoms with van der Waals surface area (Å²) in [4.78, 5) is 12.6. The largest absolute Gasteiger partial charge is 0.456 e. The Balaban J connectivity index is 1.98. The molecule has 0 saturated heterocycles. The van der Waals surface area contributed by atoms with Gasteiger partial charge in [-0.15, -0.1) is 11.3 Å². The molecule has 0 amide bonds. The van der Waals surface area contributed by atoms with Crippen molar-refractivity contribution in [3.8, 4) is 22.6 Å². The van der Waals surface area contributed by atoms with Gasteiger partial charge in [0, 0.05) is 29.1 Å². The first-order valence-electron chi connectivity index (χ1n) is 10.3. The van der Waals surface area contributed by atoms with Crippen LogP contribution in [-0.4, -0.2) is 9.67 Å². The van der Waals surface area contributed by atoms with Crippen LogP contribution in [0.15, 0.2) is 52.8 Å². The van der Waals surface area contributed by atoms with Gasteiger partial charge in [0.1, 0.15) is 11.5 Å². The van der Waals surface area contributed by atoms with E-state index in [0.29, 0.717) is 11.1 Å². The molecule has 0 saturated carbocycles. The number of rotatable bonds is 4. The monoisotopic (exact) mass is 433 g/mol. The second kappa shape index (κ2) is 7.66. The molecule has 160 valence electrons. The molecule has 0 aliphatic carbocycles. The summed E-state index contributed by atoms with van der Waals surface area (Å²) < 4.78 is 9.00. The minimum atomic E-state index is -1.00. The van der Waals surface area contributed by atoms with E-state index in [2.05, 4.69) is 19.1 Å². The van der Waals surface area contributed by atoms with E-state index in [1.807, 2.05) is 49.7 Å². The lowest BCUT2D eigenvalue weighted by molar-refractivity contribution is 0.0786. The maximum Gasteiger partial charge on any atom is 0.259 e. The summed E-state index contributed by atoms with van der Waals surface area (Å²) in [6.45, 7) is 9.70. The Bertz CT molecular complexity index is 1330. The molecule has 0 bridgehead atoms. The molecule has 4 aromatic rings. The molecule has 0 aliphatic rings. The third-order valence-corrected chi connectivity index (χ3v) is 6.52. The van der Waals surface area contributed by atoms with E-state index in [1.165, 1.54) is 16.9 Å². The molecule has 4 rings (SSSR count). The zero-order valence-corrected chi connectivity index (χ0v) is 19.6. The van der Waals surface area contributed by atoms with E-state index in [1.54, 1.807) is 25.5 Å². The predicted octanol–water partition coefficient (Wildman–Crippen LogP) is 6.21. The van der Waals surface area contributed by atoms with E-state index in [9.17, 15) is 9.90 Å². The van der Waals surface area contributed by atoms with Gasteiger partial charge in [-0.05, 0) is 74.9 Å². The number of aryl methyl sites for hydroxylation is 4. The highest BCUT2D eigenvalue weighted by molar-refractivity contribution is 7.17. The van der Waals surface area contributed by atoms with Crippen molar-refractivity contribution in [1.29, 1.82) is 0 Å². The molecular weight excluding hydrogens is 406 g/mol. The summed E-state index contributed by atoms with van der Waals surface area (Å²) in [5.74, 6) is 1.52. The van der Waals surface area contributed by atoms with Gasteiger partial charge in [0.15, 0.2) is 0 Å². The number of nitrogens with zero attached hydrogens (tertiary/aromatic N) is 1. The van der Waals surface area contributed by atoms with Crippen LogP contribution in [0.3, 0.4) is 0 Å². The molecule has 0 atom stereocenters. The fraction of sp³-hybridized carbons (Fsp3) is 0.269. The van der Waals surface area contributed by atoms with Crippen LogP contribution in [0.25, 0.3) is 21.2 Å². The Morgan fingerprint density at radius 2 is 1.68 bits per heavy atom. The summed E-state index contributed by atoms with van der Waals surface area (Å²) in [6, 6.07) is 11.8. The third kappa shape index (κ3) is 3.91. The molecule has 4 nitrogen and oxygen atoms in total. The quantitative estimate of drug-likeness (QED) is 0.416. The Hall–Kier alpha value is -2.89. The van der Waals surface area contributed by atoms with Crippen molar-refractivity contribution in [2.75, 3.05) is 0 Å². The number of fused-ring (bicyclic) bond motifs is 1. The van der Waals surface area contributed by atoms with Gasteiger partial charge in [-0.25, -0.2) is 0 Å². The number of benzene rings is 2. The molecule has 5 heteroatoms. The van der Waals surface area contributed by atoms with Crippen molar-refractivity contribution in [2.24, 2.45) is 7.05 Å². The van der Waals surface area contributed by atoms with E-state index in [4.69, 9.17) is 4.74 Å². The molecule has 0 aliphatic heterocycles. The summed E-state index contributed by atoms with van der Waals surface area (Å²) in [6.07, 6.45) is 1.85. The van der Waals surface area contributed by atoms with Crippen molar-refractivity contribution in [2.45, 2.75) is 40.2 Å². The van der Waals surface area contributed by atoms with E-state index in [-0.39, 0.29) is 5.56 Å². The van der Waals surface area contributed by atoms with Crippen LogP contribution in [0, 0.1) is 20.8 Å². The first-order valence-corrected chi connectivity index (χ1v) is 11.1. The number of aromatic nitrogens is 1. The van der Waals surface area contributed by atoms with Crippen molar-refractivity contribution >= 4 is 21.4 Å². The minimum Gasteiger partial charge on any atom is -0.456 e. The maximum atomic E-state index is 12.6. The molecule has 0 radical (unpaired) electrons. The number of hydrogen-bond acceptors (Lipinski definition) is 4. The fourth-order valence-corrected chi connectivity index (χ4v) is 4.94. The Kier molecular flexibility index (Phi) is 5.28. The molecule has 0 unspecified atom stereocenters. The SMILES string of the molecule is Cc1cc(C)c(Oc2ccc(C(C)(C)O)cc2-c2cn(C)c(=O)c3ccsc23)c(C)c1. The standard InChI is InChI=1S/C26H27NO3S/c1-15-11-16(2)23(17(3)12-15)30-22-8-7-18(26(4,5)29)13-20(22)21-14-27(6)25(28)19-9-10-31-24(19)21/h7-14,29H,1-6H3. The maximum absolute atomic E-state index is 12.6. The summed E-state index contributed by atoms with van der Waals surface area (Å²) in [5.41, 5.74) is 4.85. The zero-order chi connectivity index (χ0) is 22.5. The van der Waals surface area contributed by atoms with Crippen molar-refractivity contribution in [3.05, 3.63) is 80.6 Å². The van der Waals surface area contributed by atoms with Gasteiger partial charge in [-0.3, -0.25) is 4.79 Å². The Morgan fingerprint density at radius 3 is 2.32 bits per heavy atom. The lowest BCUT2D eigenvalue weighted by atomic mass is 9.93. The van der Waals surface area contributed by atoms with Gasteiger partial charge < -0.3 is 14.4 Å². The fourth-order valence-electron chi connectivity index (χ4n) is 4.03. The smallest absolute Gasteiger partial charge is 0.259 e. The molecule has 0 fully saturated rings. The van der Waals surface area contributed by atoms with E-state index >= 15 is 0 Å². The van der Waals surface area contributed by atoms with Gasteiger partial charge in [0.2, 0.25) is 0 Å². The lowest BCUT2D eigenvalue weighted by Crippen LogP contribution is -2.17. The Labute approximate surface area is 186 Å². The number of aliphatic hydroxyl groups is 1. The normalized spacial score (nSPS) is 11.8. The third-order valence-electron chi connectivity index (χ3n) is 5.58. The lowest BCUT2D eigenvalue weighted by Gasteiger charge is -2.22. The van der Waals surface area contributed by atoms with Crippen LogP contribution >= 0.6 is 11.3 Å². The van der Waals surface area contributed by atoms with Gasteiger partial charge in [-0.2, -0.15) is 0 Å². The molecule has 2 heterocycles. The van der Waals surface area contributed by atoms with Crippen LogP contribution in [0.5, 0.6) is 11.5 Å². The van der Waals surface area contributed by atoms with Crippen LogP contribution in [-0.2, 0) is 12.6 Å². The highest BCUT2D eigenvalue weighted by atomic mass is 32.1. The van der Waals surface area contributed by atoms with Crippen molar-refractivity contribution in [1.82, 2.24) is 4.57 Å². The number of ether oxygens (including phenoxy) is 1. The van der Waals surface area contributed by atoms with Gasteiger partial charge >= 0.3 is 0 Å². The second-order valence-corrected chi connectivity index (χ2v) is 9.64. The van der Waals surface area contributed by atoms with Gasteiger partial charge in [-0.1, -0.05) is 23.8 Å². The molecule has 2 aromatic heterocycles. The number of pyridine rings is 1. The van der Waals surface area contributed by atoms with Crippen LogP contribution in [0.2, 0.25) is 0 Å². The Morgan fingerprint density at radius 1 is 1.00 bits per heavy atom. The number of thiophene rings is 1. The average molecular weight is 434 g/mol. The van der Waals surface area contributed by atoms with Crippen LogP contribution in [0.4, 0.5) is 0 Å². The van der Waals surface area contributed by atoms with E-state index < -0.39 is 5.60 Å². The minimum absolute atomic E-state index is 0.0219. The molecular formula is C26H27NO3S. The summed E-state index contributed by atoms with van der Waals surface area (Å²) >= 11 is 1.54. The first-order chi connectivity index (χ1) is 14.6. The topological polar surface area (TPSA) is 51.5 Å². The average Bonchev–Trinajstić information content (AvgIpc) is 3.17. The second-order valence-electron chi connectivity index (χ2n) is 8.72. The van der Waals surface area contributed by atoms with Crippen molar-refractivity contribution in [3.63, 3.8) is 0 Å². The molecule has 2 aromatic carbocycles. The summed E-state index contributed by atoms with van der Waals surface area (Å²) in [7, 11) is 1.76. The summed E-state index contributed by atoms with van der Waals surface area (Å²) in [5, 5.41) is 13.3. The highest BCUT2D eigenvalue weighted by Gasteiger charge is 2.22. The van der Waals surface area contributed by atoms with Crippen LogP contribution < -0.4 is 10.3 Å². The predicted molar refractivity (Wildman–Crippen MR) is 128 cm³/mol. The molecule has 0 spiro atoms. The van der Waals surface area contributed by atoms with Gasteiger partial charge in [0.25, 0.3) is 5.56 Å². The van der Waals surface area contributed by atoms with Crippen molar-refractivity contribution < 1.29 is 9.84 Å². The molecule has 31 heavy (non-hydrogen) atoms.